The van der Waals surface area contributed by atoms with E-state index in [2.05, 4.69) is 18.7 Å². The molecular formula is C17H25NO4. The molecule has 2 rings (SSSR count). The van der Waals surface area contributed by atoms with Gasteiger partial charge in [-0.05, 0) is 39.0 Å². The summed E-state index contributed by atoms with van der Waals surface area (Å²) in [5.74, 6) is 1.28. The van der Waals surface area contributed by atoms with Gasteiger partial charge in [0.15, 0.2) is 17.3 Å². The van der Waals surface area contributed by atoms with E-state index in [1.165, 1.54) is 6.92 Å². The van der Waals surface area contributed by atoms with Crippen molar-refractivity contribution in [3.05, 3.63) is 23.8 Å². The highest BCUT2D eigenvalue weighted by molar-refractivity contribution is 5.94. The highest BCUT2D eigenvalue weighted by Gasteiger charge is 2.21. The molecule has 5 heteroatoms. The van der Waals surface area contributed by atoms with E-state index in [0.717, 1.165) is 19.6 Å². The van der Waals surface area contributed by atoms with E-state index >= 15 is 0 Å². The van der Waals surface area contributed by atoms with Crippen LogP contribution in [-0.2, 0) is 4.74 Å². The molecule has 22 heavy (non-hydrogen) atoms. The second-order valence-corrected chi connectivity index (χ2v) is 5.79. The fourth-order valence-electron chi connectivity index (χ4n) is 2.76. The number of Topliss-reactive ketones (excluding diaryl/α,β-unsaturated/α-hetero) is 1. The zero-order valence-electron chi connectivity index (χ0n) is 13.8. The second kappa shape index (κ2) is 7.61. The van der Waals surface area contributed by atoms with Gasteiger partial charge in [0.25, 0.3) is 0 Å². The van der Waals surface area contributed by atoms with Gasteiger partial charge in [0.2, 0.25) is 0 Å². The van der Waals surface area contributed by atoms with Crippen LogP contribution in [0.5, 0.6) is 11.5 Å². The minimum Gasteiger partial charge on any atom is -0.493 e. The molecule has 1 saturated heterocycles. The molecule has 1 aromatic carbocycles. The molecular weight excluding hydrogens is 282 g/mol. The van der Waals surface area contributed by atoms with Gasteiger partial charge in [0, 0.05) is 25.2 Å². The van der Waals surface area contributed by atoms with Crippen molar-refractivity contribution in [1.82, 2.24) is 4.90 Å². The number of hydrogen-bond acceptors (Lipinski definition) is 5. The van der Waals surface area contributed by atoms with E-state index in [4.69, 9.17) is 14.2 Å². The van der Waals surface area contributed by atoms with Crippen molar-refractivity contribution in [1.29, 1.82) is 0 Å². The Bertz CT molecular complexity index is 507. The Morgan fingerprint density at radius 3 is 2.55 bits per heavy atom. The van der Waals surface area contributed by atoms with Crippen LogP contribution in [0.3, 0.4) is 0 Å². The van der Waals surface area contributed by atoms with Crippen LogP contribution in [-0.4, -0.2) is 56.2 Å². The standard InChI is InChI=1S/C17H25NO4/c1-12-10-18(11-13(2)22-12)7-8-21-16-6-5-15(14(3)19)9-17(16)20-4/h5-6,9,12-13H,7-8,10-11H2,1-4H3/t12-,13-/m1/s1. The van der Waals surface area contributed by atoms with Gasteiger partial charge >= 0.3 is 0 Å². The number of morpholine rings is 1. The highest BCUT2D eigenvalue weighted by Crippen LogP contribution is 2.28. The molecule has 2 atom stereocenters. The molecule has 0 saturated carbocycles. The smallest absolute Gasteiger partial charge is 0.161 e. The summed E-state index contributed by atoms with van der Waals surface area (Å²) >= 11 is 0. The van der Waals surface area contributed by atoms with Gasteiger partial charge in [-0.15, -0.1) is 0 Å². The Hall–Kier alpha value is -1.59. The molecule has 1 aromatic rings. The predicted octanol–water partition coefficient (Wildman–Crippen LogP) is 2.39. The van der Waals surface area contributed by atoms with Crippen LogP contribution in [0.1, 0.15) is 31.1 Å². The summed E-state index contributed by atoms with van der Waals surface area (Å²) in [6.07, 6.45) is 0.515. The first kappa shape index (κ1) is 16.8. The van der Waals surface area contributed by atoms with Gasteiger partial charge in [-0.3, -0.25) is 9.69 Å². The lowest BCUT2D eigenvalue weighted by Gasteiger charge is -2.35. The Balaban J connectivity index is 1.90. The number of carbonyl (C=O) groups is 1. The van der Waals surface area contributed by atoms with Crippen molar-refractivity contribution < 1.29 is 19.0 Å². The average molecular weight is 307 g/mol. The fourth-order valence-corrected chi connectivity index (χ4v) is 2.76. The van der Waals surface area contributed by atoms with Crippen molar-refractivity contribution in [3.8, 4) is 11.5 Å². The van der Waals surface area contributed by atoms with Crippen LogP contribution >= 0.6 is 0 Å². The molecule has 0 N–H and O–H groups in total. The first-order valence-electron chi connectivity index (χ1n) is 7.69. The Kier molecular flexibility index (Phi) is 5.80. The van der Waals surface area contributed by atoms with E-state index < -0.39 is 0 Å². The Morgan fingerprint density at radius 2 is 1.95 bits per heavy atom. The molecule has 1 aliphatic heterocycles. The van der Waals surface area contributed by atoms with Gasteiger partial charge in [0.1, 0.15) is 6.61 Å². The second-order valence-electron chi connectivity index (χ2n) is 5.79. The monoisotopic (exact) mass is 307 g/mol. The molecule has 1 aliphatic rings. The van der Waals surface area contributed by atoms with Gasteiger partial charge < -0.3 is 14.2 Å². The zero-order chi connectivity index (χ0) is 16.1. The SMILES string of the molecule is COc1cc(C(C)=O)ccc1OCCN1C[C@@H](C)O[C@H](C)C1. The lowest BCUT2D eigenvalue weighted by Crippen LogP contribution is -2.46. The number of nitrogens with zero attached hydrogens (tertiary/aromatic N) is 1. The molecule has 0 aromatic heterocycles. The number of ether oxygens (including phenoxy) is 3. The number of methoxy groups -OCH3 is 1. The number of carbonyl (C=O) groups excluding carboxylic acids is 1. The summed E-state index contributed by atoms with van der Waals surface area (Å²) in [5.41, 5.74) is 0.625. The van der Waals surface area contributed by atoms with E-state index in [1.54, 1.807) is 25.3 Å². The van der Waals surface area contributed by atoms with Crippen molar-refractivity contribution in [3.63, 3.8) is 0 Å². The average Bonchev–Trinajstić information content (AvgIpc) is 2.46. The summed E-state index contributed by atoms with van der Waals surface area (Å²) in [4.78, 5) is 13.7. The molecule has 5 nitrogen and oxygen atoms in total. The normalized spacial score (nSPS) is 22.4. The molecule has 0 bridgehead atoms. The van der Waals surface area contributed by atoms with E-state index in [0.29, 0.717) is 23.7 Å². The molecule has 122 valence electrons. The van der Waals surface area contributed by atoms with Crippen molar-refractivity contribution in [2.24, 2.45) is 0 Å². The minimum atomic E-state index is 0.0149. The van der Waals surface area contributed by atoms with Crippen LogP contribution in [0.15, 0.2) is 18.2 Å². The van der Waals surface area contributed by atoms with Crippen molar-refractivity contribution >= 4 is 5.78 Å². The summed E-state index contributed by atoms with van der Waals surface area (Å²) in [5, 5.41) is 0. The largest absolute Gasteiger partial charge is 0.493 e. The Labute approximate surface area is 132 Å². The summed E-state index contributed by atoms with van der Waals surface area (Å²) in [7, 11) is 1.58. The Morgan fingerprint density at radius 1 is 1.27 bits per heavy atom. The van der Waals surface area contributed by atoms with E-state index in [9.17, 15) is 4.79 Å². The lowest BCUT2D eigenvalue weighted by atomic mass is 10.1. The van der Waals surface area contributed by atoms with Crippen LogP contribution in [0, 0.1) is 0 Å². The summed E-state index contributed by atoms with van der Waals surface area (Å²) < 4.78 is 16.8. The maximum absolute atomic E-state index is 11.4. The van der Waals surface area contributed by atoms with E-state index in [1.807, 2.05) is 0 Å². The molecule has 0 amide bonds. The zero-order valence-corrected chi connectivity index (χ0v) is 13.8. The summed E-state index contributed by atoms with van der Waals surface area (Å²) in [6.45, 7) is 8.99. The molecule has 1 heterocycles. The lowest BCUT2D eigenvalue weighted by molar-refractivity contribution is -0.0699. The number of ketones is 1. The van der Waals surface area contributed by atoms with Crippen molar-refractivity contribution in [2.75, 3.05) is 33.4 Å². The third kappa shape index (κ3) is 4.45. The number of benzene rings is 1. The third-order valence-electron chi connectivity index (χ3n) is 3.73. The van der Waals surface area contributed by atoms with Crippen LogP contribution < -0.4 is 9.47 Å². The van der Waals surface area contributed by atoms with Gasteiger partial charge in [-0.1, -0.05) is 0 Å². The molecule has 0 aliphatic carbocycles. The molecule has 0 radical (unpaired) electrons. The van der Waals surface area contributed by atoms with Crippen LogP contribution in [0.4, 0.5) is 0 Å². The van der Waals surface area contributed by atoms with Crippen LogP contribution in [0.2, 0.25) is 0 Å². The third-order valence-corrected chi connectivity index (χ3v) is 3.73. The molecule has 0 spiro atoms. The van der Waals surface area contributed by atoms with E-state index in [-0.39, 0.29) is 18.0 Å². The van der Waals surface area contributed by atoms with Gasteiger partial charge in [0.05, 0.1) is 19.3 Å². The van der Waals surface area contributed by atoms with Crippen LogP contribution in [0.25, 0.3) is 0 Å². The first-order chi connectivity index (χ1) is 10.5. The highest BCUT2D eigenvalue weighted by atomic mass is 16.5. The predicted molar refractivity (Wildman–Crippen MR) is 84.9 cm³/mol. The fraction of sp³-hybridized carbons (Fsp3) is 0.588. The summed E-state index contributed by atoms with van der Waals surface area (Å²) in [6, 6.07) is 5.27. The quantitative estimate of drug-likeness (QED) is 0.755. The number of rotatable bonds is 6. The number of hydrogen-bond donors (Lipinski definition) is 0. The maximum Gasteiger partial charge on any atom is 0.161 e. The van der Waals surface area contributed by atoms with Gasteiger partial charge in [-0.25, -0.2) is 0 Å². The topological polar surface area (TPSA) is 48.0 Å². The first-order valence-corrected chi connectivity index (χ1v) is 7.69. The van der Waals surface area contributed by atoms with Gasteiger partial charge in [-0.2, -0.15) is 0 Å². The minimum absolute atomic E-state index is 0.0149. The maximum atomic E-state index is 11.4. The van der Waals surface area contributed by atoms with Crippen molar-refractivity contribution in [2.45, 2.75) is 33.0 Å². The molecule has 1 fully saturated rings. The molecule has 0 unspecified atom stereocenters.